The van der Waals surface area contributed by atoms with E-state index in [1.807, 2.05) is 43.1 Å². The van der Waals surface area contributed by atoms with Crippen LogP contribution in [0.4, 0.5) is 0 Å². The predicted octanol–water partition coefficient (Wildman–Crippen LogP) is 2.27. The molecule has 2 aliphatic heterocycles. The molecule has 3 heterocycles. The fourth-order valence-corrected chi connectivity index (χ4v) is 5.90. The Morgan fingerprint density at radius 2 is 2.00 bits per heavy atom. The van der Waals surface area contributed by atoms with Crippen LogP contribution < -0.4 is 4.74 Å². The van der Waals surface area contributed by atoms with E-state index in [2.05, 4.69) is 4.98 Å². The first-order valence-electron chi connectivity index (χ1n) is 12.6. The maximum Gasteiger partial charge on any atom is 0.249 e. The number of phenolic OH excluding ortho intramolecular Hbond substituents is 1. The lowest BCUT2D eigenvalue weighted by atomic mass is 9.78. The molecule has 0 saturated carbocycles. The number of carbonyl (C=O) groups is 2. The number of phenols is 1. The second kappa shape index (κ2) is 9.72. The van der Waals surface area contributed by atoms with E-state index in [9.17, 15) is 14.7 Å². The Morgan fingerprint density at radius 3 is 2.73 bits per heavy atom. The highest BCUT2D eigenvalue weighted by molar-refractivity contribution is 6.00. The van der Waals surface area contributed by atoms with Gasteiger partial charge in [-0.1, -0.05) is 12.1 Å². The molecule has 1 saturated heterocycles. The highest BCUT2D eigenvalue weighted by atomic mass is 16.5. The molecular formula is C28H34N4O5. The van der Waals surface area contributed by atoms with E-state index in [4.69, 9.17) is 9.84 Å². The van der Waals surface area contributed by atoms with Gasteiger partial charge in [-0.2, -0.15) is 0 Å². The molecule has 9 heteroatoms. The fourth-order valence-electron chi connectivity index (χ4n) is 5.90. The number of H-pyrrole nitrogens is 1. The third-order valence-electron chi connectivity index (χ3n) is 7.71. The number of nitrogens with one attached hydrogen (secondary N) is 1. The van der Waals surface area contributed by atoms with Gasteiger partial charge >= 0.3 is 0 Å². The van der Waals surface area contributed by atoms with E-state index < -0.39 is 11.6 Å². The first-order chi connectivity index (χ1) is 17.8. The maximum atomic E-state index is 14.1. The van der Waals surface area contributed by atoms with Crippen molar-refractivity contribution in [3.8, 4) is 11.5 Å². The van der Waals surface area contributed by atoms with Crippen molar-refractivity contribution in [2.75, 3.05) is 46.9 Å². The van der Waals surface area contributed by atoms with Gasteiger partial charge in [0.1, 0.15) is 17.0 Å². The van der Waals surface area contributed by atoms with E-state index in [-0.39, 0.29) is 30.7 Å². The van der Waals surface area contributed by atoms with Crippen molar-refractivity contribution in [1.82, 2.24) is 19.7 Å². The number of aromatic nitrogens is 1. The average molecular weight is 507 g/mol. The molecule has 3 aromatic rings. The zero-order chi connectivity index (χ0) is 26.3. The lowest BCUT2D eigenvalue weighted by Crippen LogP contribution is -2.69. The Labute approximate surface area is 216 Å². The molecule has 1 aromatic heterocycles. The van der Waals surface area contributed by atoms with Crippen LogP contribution in [0.5, 0.6) is 11.5 Å². The third kappa shape index (κ3) is 4.32. The summed E-state index contributed by atoms with van der Waals surface area (Å²) in [6.07, 6.45) is 1.08. The van der Waals surface area contributed by atoms with Gasteiger partial charge in [-0.05, 0) is 68.4 Å². The highest BCUT2D eigenvalue weighted by Crippen LogP contribution is 2.47. The molecule has 196 valence electrons. The number of rotatable bonds is 8. The quantitative estimate of drug-likeness (QED) is 0.433. The summed E-state index contributed by atoms with van der Waals surface area (Å²) in [5.41, 5.74) is 2.39. The second-order valence-corrected chi connectivity index (χ2v) is 10.2. The van der Waals surface area contributed by atoms with E-state index in [0.717, 1.165) is 40.0 Å². The van der Waals surface area contributed by atoms with Crippen molar-refractivity contribution >= 4 is 22.7 Å². The van der Waals surface area contributed by atoms with E-state index >= 15 is 0 Å². The number of carbonyl (C=O) groups excluding carboxylic acids is 2. The number of ether oxygens (including phenoxy) is 1. The summed E-state index contributed by atoms with van der Waals surface area (Å²) < 4.78 is 5.47. The second-order valence-electron chi connectivity index (χ2n) is 10.2. The summed E-state index contributed by atoms with van der Waals surface area (Å²) in [4.78, 5) is 36.7. The lowest BCUT2D eigenvalue weighted by Gasteiger charge is -2.53. The van der Waals surface area contributed by atoms with Gasteiger partial charge in [-0.3, -0.25) is 9.59 Å². The van der Waals surface area contributed by atoms with Crippen molar-refractivity contribution in [3.05, 3.63) is 59.3 Å². The highest BCUT2D eigenvalue weighted by Gasteiger charge is 2.55. The zero-order valence-corrected chi connectivity index (χ0v) is 21.5. The molecule has 5 rings (SSSR count). The molecule has 37 heavy (non-hydrogen) atoms. The molecule has 2 amide bonds. The molecule has 0 spiro atoms. The van der Waals surface area contributed by atoms with Gasteiger partial charge in [0.25, 0.3) is 0 Å². The third-order valence-corrected chi connectivity index (χ3v) is 7.71. The number of likely N-dealkylation sites (N-methyl/N-ethyl adjacent to an activating group) is 1. The van der Waals surface area contributed by atoms with Crippen LogP contribution in [0.25, 0.3) is 10.9 Å². The van der Waals surface area contributed by atoms with E-state index in [1.54, 1.807) is 35.1 Å². The van der Waals surface area contributed by atoms with Crippen molar-refractivity contribution < 1.29 is 24.5 Å². The Hall–Kier alpha value is -3.56. The number of hydrogen-bond donors (Lipinski definition) is 3. The number of aliphatic hydroxyl groups excluding tert-OH is 1. The van der Waals surface area contributed by atoms with Gasteiger partial charge in [-0.25, -0.2) is 0 Å². The van der Waals surface area contributed by atoms with Crippen LogP contribution in [0.3, 0.4) is 0 Å². The summed E-state index contributed by atoms with van der Waals surface area (Å²) in [7, 11) is 3.55. The molecule has 0 unspecified atom stereocenters. The smallest absolute Gasteiger partial charge is 0.249 e. The average Bonchev–Trinajstić information content (AvgIpc) is 3.23. The van der Waals surface area contributed by atoms with Gasteiger partial charge in [-0.15, -0.1) is 0 Å². The number of amides is 2. The summed E-state index contributed by atoms with van der Waals surface area (Å²) in [5.74, 6) is 0.620. The van der Waals surface area contributed by atoms with Gasteiger partial charge in [0.2, 0.25) is 11.8 Å². The lowest BCUT2D eigenvalue weighted by molar-refractivity contribution is -0.167. The first kappa shape index (κ1) is 25.1. The van der Waals surface area contributed by atoms with Crippen molar-refractivity contribution in [2.24, 2.45) is 0 Å². The number of aromatic hydroxyl groups is 1. The number of fused-ring (bicyclic) bond motifs is 4. The largest absolute Gasteiger partial charge is 0.508 e. The van der Waals surface area contributed by atoms with Crippen LogP contribution in [0.15, 0.2) is 42.5 Å². The van der Waals surface area contributed by atoms with Crippen LogP contribution in [-0.4, -0.2) is 94.2 Å². The SMILES string of the molecule is COc1ccc2[nH]c3c(c2c1)C[C@@]1(C)C(=O)N(CCCN(C)CCO)CC(=O)N1[C@@H]3c1cccc(O)c1. The number of piperazine rings is 1. The molecule has 0 radical (unpaired) electrons. The molecule has 3 N–H and O–H groups in total. The topological polar surface area (TPSA) is 109 Å². The predicted molar refractivity (Wildman–Crippen MR) is 140 cm³/mol. The number of aromatic amines is 1. The minimum atomic E-state index is -1.09. The van der Waals surface area contributed by atoms with Gasteiger partial charge < -0.3 is 34.6 Å². The van der Waals surface area contributed by atoms with Crippen LogP contribution in [0.1, 0.15) is 36.2 Å². The normalized spacial score (nSPS) is 21.5. The fraction of sp³-hybridized carbons (Fsp3) is 0.429. The van der Waals surface area contributed by atoms with E-state index in [0.29, 0.717) is 25.9 Å². The van der Waals surface area contributed by atoms with Gasteiger partial charge in [0.05, 0.1) is 26.3 Å². The standard InChI is InChI=1S/C28H34N4O5/c1-28-16-22-21-15-20(37-3)8-9-23(21)29-25(22)26(18-6-4-7-19(34)14-18)32(28)24(35)17-31(27(28)36)11-5-10-30(2)12-13-33/h4,6-9,14-15,26,29,33-34H,5,10-13,16-17H2,1-3H3/t26-,28+/m1/s1. The number of hydrogen-bond acceptors (Lipinski definition) is 6. The zero-order valence-electron chi connectivity index (χ0n) is 21.5. The van der Waals surface area contributed by atoms with Crippen molar-refractivity contribution in [2.45, 2.75) is 31.3 Å². The summed E-state index contributed by atoms with van der Waals surface area (Å²) in [5, 5.41) is 20.4. The van der Waals surface area contributed by atoms with Crippen LogP contribution in [0.2, 0.25) is 0 Å². The van der Waals surface area contributed by atoms with Crippen LogP contribution in [-0.2, 0) is 16.0 Å². The number of aliphatic hydroxyl groups is 1. The molecule has 0 aliphatic carbocycles. The summed E-state index contributed by atoms with van der Waals surface area (Å²) >= 11 is 0. The molecular weight excluding hydrogens is 472 g/mol. The molecule has 1 fully saturated rings. The Kier molecular flexibility index (Phi) is 6.59. The van der Waals surface area contributed by atoms with Crippen molar-refractivity contribution in [1.29, 1.82) is 0 Å². The minimum absolute atomic E-state index is 0.0108. The Bertz CT molecular complexity index is 1340. The van der Waals surface area contributed by atoms with Gasteiger partial charge in [0, 0.05) is 36.1 Å². The molecule has 2 atom stereocenters. The molecule has 2 aliphatic rings. The number of benzene rings is 2. The Morgan fingerprint density at radius 1 is 1.19 bits per heavy atom. The van der Waals surface area contributed by atoms with Crippen LogP contribution >= 0.6 is 0 Å². The van der Waals surface area contributed by atoms with Crippen molar-refractivity contribution in [3.63, 3.8) is 0 Å². The first-order valence-corrected chi connectivity index (χ1v) is 12.6. The summed E-state index contributed by atoms with van der Waals surface area (Å²) in [6.45, 7) is 3.70. The molecule has 0 bridgehead atoms. The number of methoxy groups -OCH3 is 1. The monoisotopic (exact) mass is 506 g/mol. The summed E-state index contributed by atoms with van der Waals surface area (Å²) in [6, 6.07) is 12.1. The van der Waals surface area contributed by atoms with Gasteiger partial charge in [0.15, 0.2) is 0 Å². The minimum Gasteiger partial charge on any atom is -0.508 e. The maximum absolute atomic E-state index is 14.1. The Balaban J connectivity index is 1.58. The molecule has 2 aromatic carbocycles. The van der Waals surface area contributed by atoms with Crippen LogP contribution in [0, 0.1) is 0 Å². The molecule has 9 nitrogen and oxygen atoms in total. The van der Waals surface area contributed by atoms with E-state index in [1.165, 1.54) is 0 Å². The number of nitrogens with zero attached hydrogens (tertiary/aromatic N) is 3.